The molecule has 0 unspecified atom stereocenters. The average Bonchev–Trinajstić information content (AvgIpc) is 2.32. The molecule has 3 nitrogen and oxygen atoms in total. The first kappa shape index (κ1) is 12.2. The van der Waals surface area contributed by atoms with Crippen LogP contribution in [0.4, 0.5) is 30.4 Å². The number of aromatic nitrogens is 1. The van der Waals surface area contributed by atoms with Gasteiger partial charge in [0.25, 0.3) is 0 Å². The molecule has 94 valence electrons. The van der Waals surface area contributed by atoms with Crippen molar-refractivity contribution in [3.63, 3.8) is 0 Å². The van der Waals surface area contributed by atoms with E-state index < -0.39 is 11.9 Å². The Labute approximate surface area is 101 Å². The van der Waals surface area contributed by atoms with Gasteiger partial charge in [-0.15, -0.1) is 0 Å². The molecule has 0 atom stereocenters. The van der Waals surface area contributed by atoms with Gasteiger partial charge in [-0.05, 0) is 24.3 Å². The van der Waals surface area contributed by atoms with E-state index in [0.29, 0.717) is 5.69 Å². The Morgan fingerprint density at radius 1 is 1.00 bits per heavy atom. The molecule has 3 N–H and O–H groups in total. The van der Waals surface area contributed by atoms with Gasteiger partial charge in [-0.3, -0.25) is 0 Å². The average molecular weight is 253 g/mol. The van der Waals surface area contributed by atoms with Gasteiger partial charge >= 0.3 is 6.18 Å². The van der Waals surface area contributed by atoms with Gasteiger partial charge in [0, 0.05) is 5.69 Å². The van der Waals surface area contributed by atoms with Crippen molar-refractivity contribution in [1.82, 2.24) is 4.98 Å². The summed E-state index contributed by atoms with van der Waals surface area (Å²) in [4.78, 5) is 3.48. The van der Waals surface area contributed by atoms with Crippen LogP contribution in [0.1, 0.15) is 5.69 Å². The van der Waals surface area contributed by atoms with Crippen LogP contribution in [0.3, 0.4) is 0 Å². The first-order valence-corrected chi connectivity index (χ1v) is 5.12. The molecule has 0 fully saturated rings. The molecule has 0 amide bonds. The molecule has 2 aromatic rings. The Morgan fingerprint density at radius 3 is 2.28 bits per heavy atom. The lowest BCUT2D eigenvalue weighted by atomic mass is 10.3. The SMILES string of the molecule is Nc1ccc(C(F)(F)F)nc1Nc1ccccc1. The lowest BCUT2D eigenvalue weighted by Gasteiger charge is -2.11. The standard InChI is InChI=1S/C12H10F3N3/c13-12(14,15)10-7-6-9(16)11(18-10)17-8-4-2-1-3-5-8/h1-7H,16H2,(H,17,18). The summed E-state index contributed by atoms with van der Waals surface area (Å²) < 4.78 is 37.5. The van der Waals surface area contributed by atoms with Gasteiger partial charge in [0.15, 0.2) is 5.82 Å². The summed E-state index contributed by atoms with van der Waals surface area (Å²) in [5.74, 6) is -0.00368. The van der Waals surface area contributed by atoms with Crippen LogP contribution >= 0.6 is 0 Å². The molecule has 1 heterocycles. The molecule has 0 spiro atoms. The number of benzene rings is 1. The minimum absolute atomic E-state index is 0.00368. The van der Waals surface area contributed by atoms with Crippen molar-refractivity contribution in [3.8, 4) is 0 Å². The number of hydrogen-bond acceptors (Lipinski definition) is 3. The highest BCUT2D eigenvalue weighted by Gasteiger charge is 2.32. The summed E-state index contributed by atoms with van der Waals surface area (Å²) >= 11 is 0. The van der Waals surface area contributed by atoms with Gasteiger partial charge in [0.05, 0.1) is 5.69 Å². The van der Waals surface area contributed by atoms with Gasteiger partial charge in [-0.1, -0.05) is 18.2 Å². The molecule has 6 heteroatoms. The van der Waals surface area contributed by atoms with Crippen molar-refractivity contribution >= 4 is 17.2 Å². The summed E-state index contributed by atoms with van der Waals surface area (Å²) in [5.41, 5.74) is 5.39. The molecule has 0 bridgehead atoms. The maximum absolute atomic E-state index is 12.5. The molecule has 0 aliphatic rings. The van der Waals surface area contributed by atoms with Crippen molar-refractivity contribution in [1.29, 1.82) is 0 Å². The van der Waals surface area contributed by atoms with E-state index in [1.807, 2.05) is 0 Å². The molecule has 1 aromatic carbocycles. The topological polar surface area (TPSA) is 50.9 Å². The van der Waals surface area contributed by atoms with Crippen LogP contribution in [0.15, 0.2) is 42.5 Å². The number of nitrogen functional groups attached to an aromatic ring is 1. The van der Waals surface area contributed by atoms with Gasteiger partial charge in [-0.2, -0.15) is 13.2 Å². The van der Waals surface area contributed by atoms with Crippen LogP contribution in [0, 0.1) is 0 Å². The molecule has 0 aliphatic heterocycles. The van der Waals surface area contributed by atoms with Crippen molar-refractivity contribution in [2.75, 3.05) is 11.1 Å². The third-order valence-corrected chi connectivity index (χ3v) is 2.25. The summed E-state index contributed by atoms with van der Waals surface area (Å²) in [6.07, 6.45) is -4.49. The fourth-order valence-electron chi connectivity index (χ4n) is 1.39. The highest BCUT2D eigenvalue weighted by molar-refractivity contribution is 5.68. The maximum atomic E-state index is 12.5. The highest BCUT2D eigenvalue weighted by atomic mass is 19.4. The number of rotatable bonds is 2. The molecule has 1 aromatic heterocycles. The Kier molecular flexibility index (Phi) is 3.10. The van der Waals surface area contributed by atoms with Gasteiger partial charge in [-0.25, -0.2) is 4.98 Å². The van der Waals surface area contributed by atoms with Crippen LogP contribution in [0.2, 0.25) is 0 Å². The van der Waals surface area contributed by atoms with E-state index in [1.54, 1.807) is 30.3 Å². The fourth-order valence-corrected chi connectivity index (χ4v) is 1.39. The van der Waals surface area contributed by atoms with Crippen LogP contribution in [-0.2, 0) is 6.18 Å². The number of hydrogen-bond donors (Lipinski definition) is 2. The van der Waals surface area contributed by atoms with E-state index in [9.17, 15) is 13.2 Å². The Balaban J connectivity index is 2.33. The number of alkyl halides is 3. The van der Waals surface area contributed by atoms with E-state index in [4.69, 9.17) is 5.73 Å². The third-order valence-electron chi connectivity index (χ3n) is 2.25. The Bertz CT molecular complexity index is 538. The number of para-hydroxylation sites is 1. The summed E-state index contributed by atoms with van der Waals surface area (Å²) in [6, 6.07) is 10.8. The van der Waals surface area contributed by atoms with Crippen molar-refractivity contribution in [3.05, 3.63) is 48.2 Å². The Hall–Kier alpha value is -2.24. The zero-order valence-electron chi connectivity index (χ0n) is 9.20. The van der Waals surface area contributed by atoms with Gasteiger partial charge < -0.3 is 11.1 Å². The van der Waals surface area contributed by atoms with Crippen LogP contribution in [0.25, 0.3) is 0 Å². The molecular formula is C12H10F3N3. The summed E-state index contributed by atoms with van der Waals surface area (Å²) in [7, 11) is 0. The maximum Gasteiger partial charge on any atom is 0.433 e. The summed E-state index contributed by atoms with van der Waals surface area (Å²) in [6.45, 7) is 0. The van der Waals surface area contributed by atoms with Gasteiger partial charge in [0.1, 0.15) is 5.69 Å². The minimum atomic E-state index is -4.49. The normalized spacial score (nSPS) is 11.3. The van der Waals surface area contributed by atoms with Crippen LogP contribution < -0.4 is 11.1 Å². The second-order valence-corrected chi connectivity index (χ2v) is 3.62. The molecular weight excluding hydrogens is 243 g/mol. The number of anilines is 3. The fraction of sp³-hybridized carbons (Fsp3) is 0.0833. The third kappa shape index (κ3) is 2.71. The number of pyridine rings is 1. The monoisotopic (exact) mass is 253 g/mol. The van der Waals surface area contributed by atoms with Gasteiger partial charge in [0.2, 0.25) is 0 Å². The predicted octanol–water partition coefficient (Wildman–Crippen LogP) is 3.43. The van der Waals surface area contributed by atoms with Crippen LogP contribution in [-0.4, -0.2) is 4.98 Å². The molecule has 18 heavy (non-hydrogen) atoms. The number of nitrogens with two attached hydrogens (primary N) is 1. The number of halogens is 3. The quantitative estimate of drug-likeness (QED) is 0.862. The van der Waals surface area contributed by atoms with Crippen molar-refractivity contribution in [2.24, 2.45) is 0 Å². The zero-order valence-corrected chi connectivity index (χ0v) is 9.20. The molecule has 0 aliphatic carbocycles. The van der Waals surface area contributed by atoms with E-state index in [0.717, 1.165) is 6.07 Å². The van der Waals surface area contributed by atoms with Crippen molar-refractivity contribution < 1.29 is 13.2 Å². The first-order valence-electron chi connectivity index (χ1n) is 5.12. The first-order chi connectivity index (χ1) is 8.47. The molecule has 0 saturated heterocycles. The number of nitrogens with zero attached hydrogens (tertiary/aromatic N) is 1. The smallest absolute Gasteiger partial charge is 0.396 e. The highest BCUT2D eigenvalue weighted by Crippen LogP contribution is 2.31. The van der Waals surface area contributed by atoms with E-state index in [1.165, 1.54) is 6.07 Å². The Morgan fingerprint density at radius 2 is 1.67 bits per heavy atom. The second kappa shape index (κ2) is 4.56. The van der Waals surface area contributed by atoms with Crippen LogP contribution in [0.5, 0.6) is 0 Å². The predicted molar refractivity (Wildman–Crippen MR) is 63.4 cm³/mol. The minimum Gasteiger partial charge on any atom is -0.396 e. The lowest BCUT2D eigenvalue weighted by molar-refractivity contribution is -0.141. The lowest BCUT2D eigenvalue weighted by Crippen LogP contribution is -2.10. The van der Waals surface area contributed by atoms with E-state index in [2.05, 4.69) is 10.3 Å². The largest absolute Gasteiger partial charge is 0.433 e. The van der Waals surface area contributed by atoms with E-state index >= 15 is 0 Å². The number of nitrogens with one attached hydrogen (secondary N) is 1. The molecule has 0 radical (unpaired) electrons. The molecule has 2 rings (SSSR count). The zero-order chi connectivity index (χ0) is 13.2. The van der Waals surface area contributed by atoms with E-state index in [-0.39, 0.29) is 11.5 Å². The summed E-state index contributed by atoms with van der Waals surface area (Å²) in [5, 5.41) is 2.75. The second-order valence-electron chi connectivity index (χ2n) is 3.62. The van der Waals surface area contributed by atoms with Crippen molar-refractivity contribution in [2.45, 2.75) is 6.18 Å². The molecule has 0 saturated carbocycles.